The molecule has 1 heterocycles. The third-order valence-electron chi connectivity index (χ3n) is 4.10. The Labute approximate surface area is 111 Å². The van der Waals surface area contributed by atoms with Crippen LogP contribution in [0, 0.1) is 24.7 Å². The molecule has 6 heteroatoms. The number of fused-ring (bicyclic) bond motifs is 1. The number of carboxylic acids is 1. The van der Waals surface area contributed by atoms with E-state index in [0.717, 1.165) is 5.56 Å². The number of carboxylic acid groups (broad SMARTS) is 1. The number of nitrogens with zero attached hydrogens (tertiary/aromatic N) is 1. The SMILES string of the molecule is Cc1ccc(S(=O)(=O)N2C[C@@H]3C(C(=O)O)[C@@H]3C2)cc1. The van der Waals surface area contributed by atoms with Gasteiger partial charge in [-0.05, 0) is 30.9 Å². The molecule has 102 valence electrons. The molecule has 5 nitrogen and oxygen atoms in total. The largest absolute Gasteiger partial charge is 0.481 e. The van der Waals surface area contributed by atoms with Gasteiger partial charge in [0.1, 0.15) is 0 Å². The first-order chi connectivity index (χ1) is 8.91. The van der Waals surface area contributed by atoms with Gasteiger partial charge in [-0.15, -0.1) is 0 Å². The molecule has 1 N–H and O–H groups in total. The summed E-state index contributed by atoms with van der Waals surface area (Å²) in [7, 11) is -3.47. The molecule has 1 saturated heterocycles. The van der Waals surface area contributed by atoms with E-state index in [1.165, 1.54) is 4.31 Å². The Kier molecular flexibility index (Phi) is 2.69. The minimum atomic E-state index is -3.47. The van der Waals surface area contributed by atoms with E-state index in [1.54, 1.807) is 24.3 Å². The predicted octanol–water partition coefficient (Wildman–Crippen LogP) is 0.946. The number of aliphatic carboxylic acids is 1. The first-order valence-corrected chi connectivity index (χ1v) is 7.65. The maximum Gasteiger partial charge on any atom is 0.307 e. The van der Waals surface area contributed by atoms with Gasteiger partial charge in [0.25, 0.3) is 0 Å². The van der Waals surface area contributed by atoms with Crippen LogP contribution in [0.1, 0.15) is 5.56 Å². The molecule has 1 aliphatic carbocycles. The van der Waals surface area contributed by atoms with E-state index >= 15 is 0 Å². The van der Waals surface area contributed by atoms with Crippen molar-refractivity contribution in [1.82, 2.24) is 4.31 Å². The molecule has 3 rings (SSSR count). The van der Waals surface area contributed by atoms with Crippen LogP contribution in [-0.2, 0) is 14.8 Å². The van der Waals surface area contributed by atoms with E-state index in [0.29, 0.717) is 13.1 Å². The van der Waals surface area contributed by atoms with Gasteiger partial charge in [0.05, 0.1) is 10.8 Å². The second-order valence-corrected chi connectivity index (χ2v) is 7.26. The van der Waals surface area contributed by atoms with Gasteiger partial charge in [-0.1, -0.05) is 17.7 Å². The zero-order chi connectivity index (χ0) is 13.8. The lowest BCUT2D eigenvalue weighted by Crippen LogP contribution is -2.32. The fraction of sp³-hybridized carbons (Fsp3) is 0.462. The second kappa shape index (κ2) is 4.05. The molecule has 0 bridgehead atoms. The standard InChI is InChI=1S/C13H15NO4S/c1-8-2-4-9(5-3-8)19(17,18)14-6-10-11(7-14)12(10)13(15)16/h2-5,10-12H,6-7H2,1H3,(H,15,16)/t10-,11+,12?. The van der Waals surface area contributed by atoms with Crippen molar-refractivity contribution in [2.24, 2.45) is 17.8 Å². The predicted molar refractivity (Wildman–Crippen MR) is 68.0 cm³/mol. The van der Waals surface area contributed by atoms with Gasteiger partial charge < -0.3 is 5.11 Å². The van der Waals surface area contributed by atoms with E-state index in [4.69, 9.17) is 5.11 Å². The molecular weight excluding hydrogens is 266 g/mol. The first-order valence-electron chi connectivity index (χ1n) is 6.21. The summed E-state index contributed by atoms with van der Waals surface area (Å²) < 4.78 is 26.1. The Morgan fingerprint density at radius 3 is 2.21 bits per heavy atom. The summed E-state index contributed by atoms with van der Waals surface area (Å²) in [5.41, 5.74) is 1.01. The molecule has 1 saturated carbocycles. The molecule has 19 heavy (non-hydrogen) atoms. The zero-order valence-electron chi connectivity index (χ0n) is 10.5. The minimum absolute atomic E-state index is 0.00211. The molecule has 1 aliphatic heterocycles. The Hall–Kier alpha value is -1.40. The third kappa shape index (κ3) is 1.95. The topological polar surface area (TPSA) is 74.7 Å². The highest BCUT2D eigenvalue weighted by atomic mass is 32.2. The molecule has 1 aromatic carbocycles. The van der Waals surface area contributed by atoms with Gasteiger partial charge in [0.15, 0.2) is 0 Å². The highest BCUT2D eigenvalue weighted by Crippen LogP contribution is 2.52. The Morgan fingerprint density at radius 2 is 1.74 bits per heavy atom. The summed E-state index contributed by atoms with van der Waals surface area (Å²) in [4.78, 5) is 11.2. The molecule has 1 aromatic rings. The molecule has 0 spiro atoms. The second-order valence-electron chi connectivity index (χ2n) is 5.33. The normalized spacial score (nSPS) is 30.1. The van der Waals surface area contributed by atoms with Gasteiger partial charge in [-0.2, -0.15) is 4.31 Å². The smallest absolute Gasteiger partial charge is 0.307 e. The Morgan fingerprint density at radius 1 is 1.21 bits per heavy atom. The van der Waals surface area contributed by atoms with Crippen LogP contribution in [-0.4, -0.2) is 36.9 Å². The Bertz CT molecular complexity index is 611. The number of rotatable bonds is 3. The molecular formula is C13H15NO4S. The zero-order valence-corrected chi connectivity index (χ0v) is 11.3. The average molecular weight is 281 g/mol. The highest BCUT2D eigenvalue weighted by Gasteiger charge is 2.61. The summed E-state index contributed by atoms with van der Waals surface area (Å²) in [6.45, 7) is 2.56. The van der Waals surface area contributed by atoms with Gasteiger partial charge in [-0.25, -0.2) is 8.42 Å². The van der Waals surface area contributed by atoms with E-state index in [9.17, 15) is 13.2 Å². The minimum Gasteiger partial charge on any atom is -0.481 e. The van der Waals surface area contributed by atoms with Crippen LogP contribution in [0.3, 0.4) is 0 Å². The number of sulfonamides is 1. The fourth-order valence-electron chi connectivity index (χ4n) is 2.91. The monoisotopic (exact) mass is 281 g/mol. The molecule has 0 radical (unpaired) electrons. The van der Waals surface area contributed by atoms with Crippen LogP contribution in [0.4, 0.5) is 0 Å². The third-order valence-corrected chi connectivity index (χ3v) is 5.95. The number of benzene rings is 1. The molecule has 0 aromatic heterocycles. The van der Waals surface area contributed by atoms with Crippen LogP contribution >= 0.6 is 0 Å². The van der Waals surface area contributed by atoms with Crippen molar-refractivity contribution in [3.63, 3.8) is 0 Å². The number of aryl methyl sites for hydroxylation is 1. The fourth-order valence-corrected chi connectivity index (χ4v) is 4.42. The summed E-state index contributed by atoms with van der Waals surface area (Å²) in [5, 5.41) is 8.93. The van der Waals surface area contributed by atoms with Crippen molar-refractivity contribution >= 4 is 16.0 Å². The molecule has 0 amide bonds. The van der Waals surface area contributed by atoms with Gasteiger partial charge in [0, 0.05) is 13.1 Å². The summed E-state index contributed by atoms with van der Waals surface area (Å²) >= 11 is 0. The van der Waals surface area contributed by atoms with Gasteiger partial charge in [-0.3, -0.25) is 4.79 Å². The molecule has 2 aliphatic rings. The maximum atomic E-state index is 12.4. The van der Waals surface area contributed by atoms with Crippen molar-refractivity contribution < 1.29 is 18.3 Å². The highest BCUT2D eigenvalue weighted by molar-refractivity contribution is 7.89. The van der Waals surface area contributed by atoms with E-state index in [1.807, 2.05) is 6.92 Å². The molecule has 3 atom stereocenters. The lowest BCUT2D eigenvalue weighted by Gasteiger charge is -2.18. The molecule has 2 fully saturated rings. The van der Waals surface area contributed by atoms with Crippen molar-refractivity contribution in [2.75, 3.05) is 13.1 Å². The van der Waals surface area contributed by atoms with Crippen molar-refractivity contribution in [3.8, 4) is 0 Å². The average Bonchev–Trinajstić information content (AvgIpc) is 2.86. The van der Waals surface area contributed by atoms with Gasteiger partial charge in [0.2, 0.25) is 10.0 Å². The quantitative estimate of drug-likeness (QED) is 0.895. The van der Waals surface area contributed by atoms with E-state index in [-0.39, 0.29) is 22.6 Å². The number of hydrogen-bond acceptors (Lipinski definition) is 3. The van der Waals surface area contributed by atoms with E-state index < -0.39 is 16.0 Å². The molecule has 1 unspecified atom stereocenters. The van der Waals surface area contributed by atoms with E-state index in [2.05, 4.69) is 0 Å². The van der Waals surface area contributed by atoms with Crippen molar-refractivity contribution in [3.05, 3.63) is 29.8 Å². The van der Waals surface area contributed by atoms with Crippen LogP contribution < -0.4 is 0 Å². The number of hydrogen-bond donors (Lipinski definition) is 1. The number of piperidine rings is 1. The lowest BCUT2D eigenvalue weighted by molar-refractivity contribution is -0.139. The first kappa shape index (κ1) is 12.6. The van der Waals surface area contributed by atoms with Crippen molar-refractivity contribution in [1.29, 1.82) is 0 Å². The van der Waals surface area contributed by atoms with Crippen LogP contribution in [0.5, 0.6) is 0 Å². The maximum absolute atomic E-state index is 12.4. The summed E-state index contributed by atoms with van der Waals surface area (Å²) in [6, 6.07) is 6.74. The Balaban J connectivity index is 1.78. The van der Waals surface area contributed by atoms with Crippen molar-refractivity contribution in [2.45, 2.75) is 11.8 Å². The summed E-state index contributed by atoms with van der Waals surface area (Å²) in [5.74, 6) is -1.15. The van der Waals surface area contributed by atoms with Crippen LogP contribution in [0.15, 0.2) is 29.2 Å². The summed E-state index contributed by atoms with van der Waals surface area (Å²) in [6.07, 6.45) is 0. The van der Waals surface area contributed by atoms with Gasteiger partial charge >= 0.3 is 5.97 Å². The lowest BCUT2D eigenvalue weighted by atomic mass is 10.2. The van der Waals surface area contributed by atoms with Crippen LogP contribution in [0.25, 0.3) is 0 Å². The van der Waals surface area contributed by atoms with Crippen LogP contribution in [0.2, 0.25) is 0 Å². The number of carbonyl (C=O) groups is 1.